The summed E-state index contributed by atoms with van der Waals surface area (Å²) >= 11 is 0. The molecule has 1 rings (SSSR count). The molecule has 1 aliphatic heterocycles. The van der Waals surface area contributed by atoms with Gasteiger partial charge in [-0.05, 0) is 25.7 Å². The van der Waals surface area contributed by atoms with Gasteiger partial charge in [0.2, 0.25) is 5.91 Å². The number of carbonyl (C=O) groups excluding carboxylic acids is 1. The maximum absolute atomic E-state index is 11.4. The normalized spacial score (nSPS) is 22.7. The molecule has 1 saturated heterocycles. The van der Waals surface area contributed by atoms with Gasteiger partial charge in [-0.3, -0.25) is 4.79 Å². The van der Waals surface area contributed by atoms with Gasteiger partial charge in [0.15, 0.2) is 0 Å². The highest BCUT2D eigenvalue weighted by molar-refractivity contribution is 5.80. The lowest BCUT2D eigenvalue weighted by Gasteiger charge is -2.21. The van der Waals surface area contributed by atoms with Gasteiger partial charge in [-0.15, -0.1) is 0 Å². The van der Waals surface area contributed by atoms with Crippen LogP contribution in [0.25, 0.3) is 0 Å². The van der Waals surface area contributed by atoms with E-state index in [0.29, 0.717) is 19.6 Å². The molecule has 76 valence electrons. The van der Waals surface area contributed by atoms with E-state index in [0.717, 1.165) is 19.3 Å². The summed E-state index contributed by atoms with van der Waals surface area (Å²) < 4.78 is 5.30. The number of nitrogens with one attached hydrogen (secondary N) is 1. The lowest BCUT2D eigenvalue weighted by atomic mass is 10.1. The Hall–Kier alpha value is -0.610. The summed E-state index contributed by atoms with van der Waals surface area (Å²) in [5, 5.41) is 11.2. The van der Waals surface area contributed by atoms with Crippen molar-refractivity contribution in [3.8, 4) is 0 Å². The molecule has 0 aliphatic carbocycles. The van der Waals surface area contributed by atoms with Crippen molar-refractivity contribution in [1.29, 1.82) is 0 Å². The van der Waals surface area contributed by atoms with Crippen LogP contribution in [0.4, 0.5) is 0 Å². The minimum atomic E-state index is -0.257. The average molecular weight is 187 g/mol. The fraction of sp³-hybridized carbons (Fsp3) is 0.889. The van der Waals surface area contributed by atoms with E-state index in [-0.39, 0.29) is 18.6 Å². The number of hydrogen-bond donors (Lipinski definition) is 2. The highest BCUT2D eigenvalue weighted by atomic mass is 16.5. The zero-order valence-corrected chi connectivity index (χ0v) is 7.79. The second kappa shape index (κ2) is 5.94. The second-order valence-corrected chi connectivity index (χ2v) is 3.22. The van der Waals surface area contributed by atoms with Gasteiger partial charge in [0.05, 0.1) is 0 Å². The molecule has 1 fully saturated rings. The van der Waals surface area contributed by atoms with Crippen LogP contribution < -0.4 is 5.32 Å². The van der Waals surface area contributed by atoms with E-state index in [2.05, 4.69) is 5.32 Å². The first-order valence-corrected chi connectivity index (χ1v) is 4.85. The van der Waals surface area contributed by atoms with Gasteiger partial charge < -0.3 is 15.2 Å². The molecule has 0 aromatic rings. The third-order valence-corrected chi connectivity index (χ3v) is 2.11. The Morgan fingerprint density at radius 1 is 1.54 bits per heavy atom. The minimum absolute atomic E-state index is 0.0341. The zero-order chi connectivity index (χ0) is 9.52. The number of carbonyl (C=O) groups is 1. The number of aliphatic hydroxyl groups is 1. The van der Waals surface area contributed by atoms with E-state index in [1.165, 1.54) is 0 Å². The SMILES string of the molecule is O=C(NCCCO)C1CCCCO1. The molecule has 0 radical (unpaired) electrons. The van der Waals surface area contributed by atoms with Crippen molar-refractivity contribution in [3.05, 3.63) is 0 Å². The summed E-state index contributed by atoms with van der Waals surface area (Å²) in [7, 11) is 0. The molecule has 1 aliphatic rings. The molecule has 2 N–H and O–H groups in total. The number of hydrogen-bond acceptors (Lipinski definition) is 3. The molecular formula is C9H17NO3. The van der Waals surface area contributed by atoms with Gasteiger partial charge in [-0.1, -0.05) is 0 Å². The van der Waals surface area contributed by atoms with Crippen LogP contribution in [0.3, 0.4) is 0 Å². The zero-order valence-electron chi connectivity index (χ0n) is 7.79. The fourth-order valence-electron chi connectivity index (χ4n) is 1.35. The summed E-state index contributed by atoms with van der Waals surface area (Å²) in [6, 6.07) is 0. The van der Waals surface area contributed by atoms with Crippen LogP contribution >= 0.6 is 0 Å². The molecule has 4 nitrogen and oxygen atoms in total. The van der Waals surface area contributed by atoms with Crippen molar-refractivity contribution in [3.63, 3.8) is 0 Å². The summed E-state index contributed by atoms with van der Waals surface area (Å²) in [5.74, 6) is -0.0341. The molecule has 0 aromatic heterocycles. The van der Waals surface area contributed by atoms with Crippen LogP contribution in [-0.4, -0.2) is 36.9 Å². The third kappa shape index (κ3) is 3.74. The molecular weight excluding hydrogens is 170 g/mol. The molecule has 4 heteroatoms. The first-order chi connectivity index (χ1) is 6.34. The molecule has 1 unspecified atom stereocenters. The van der Waals surface area contributed by atoms with Gasteiger partial charge in [-0.2, -0.15) is 0 Å². The molecule has 1 amide bonds. The summed E-state index contributed by atoms with van der Waals surface area (Å²) in [4.78, 5) is 11.4. The molecule has 0 spiro atoms. The fourth-order valence-corrected chi connectivity index (χ4v) is 1.35. The predicted octanol–water partition coefficient (Wildman–Crippen LogP) is 0.0541. The van der Waals surface area contributed by atoms with Gasteiger partial charge in [0, 0.05) is 19.8 Å². The number of aliphatic hydroxyl groups excluding tert-OH is 1. The Morgan fingerprint density at radius 2 is 2.38 bits per heavy atom. The number of ether oxygens (including phenoxy) is 1. The van der Waals surface area contributed by atoms with Crippen molar-refractivity contribution < 1.29 is 14.6 Å². The highest BCUT2D eigenvalue weighted by Gasteiger charge is 2.20. The molecule has 0 aromatic carbocycles. The third-order valence-electron chi connectivity index (χ3n) is 2.11. The topological polar surface area (TPSA) is 58.6 Å². The Bertz CT molecular complexity index is 155. The van der Waals surface area contributed by atoms with Crippen LogP contribution in [0, 0.1) is 0 Å². The maximum Gasteiger partial charge on any atom is 0.249 e. The van der Waals surface area contributed by atoms with Crippen LogP contribution in [0.1, 0.15) is 25.7 Å². The van der Waals surface area contributed by atoms with E-state index in [4.69, 9.17) is 9.84 Å². The quantitative estimate of drug-likeness (QED) is 0.612. The monoisotopic (exact) mass is 187 g/mol. The maximum atomic E-state index is 11.4. The predicted molar refractivity (Wildman–Crippen MR) is 48.3 cm³/mol. The molecule has 1 heterocycles. The lowest BCUT2D eigenvalue weighted by Crippen LogP contribution is -2.38. The second-order valence-electron chi connectivity index (χ2n) is 3.22. The molecule has 13 heavy (non-hydrogen) atoms. The standard InChI is InChI=1S/C9H17NO3/c11-6-3-5-10-9(12)8-4-1-2-7-13-8/h8,11H,1-7H2,(H,10,12). The summed E-state index contributed by atoms with van der Waals surface area (Å²) in [6.45, 7) is 1.35. The van der Waals surface area contributed by atoms with Crippen molar-refractivity contribution in [1.82, 2.24) is 5.32 Å². The highest BCUT2D eigenvalue weighted by Crippen LogP contribution is 2.12. The lowest BCUT2D eigenvalue weighted by molar-refractivity contribution is -0.135. The van der Waals surface area contributed by atoms with Crippen molar-refractivity contribution in [2.24, 2.45) is 0 Å². The Labute approximate surface area is 78.3 Å². The van der Waals surface area contributed by atoms with Crippen LogP contribution in [0.15, 0.2) is 0 Å². The van der Waals surface area contributed by atoms with Crippen molar-refractivity contribution in [2.75, 3.05) is 19.8 Å². The van der Waals surface area contributed by atoms with E-state index >= 15 is 0 Å². The Morgan fingerprint density at radius 3 is 3.00 bits per heavy atom. The molecule has 0 bridgehead atoms. The molecule has 1 atom stereocenters. The van der Waals surface area contributed by atoms with E-state index in [1.54, 1.807) is 0 Å². The van der Waals surface area contributed by atoms with Gasteiger partial charge in [0.1, 0.15) is 6.10 Å². The van der Waals surface area contributed by atoms with Crippen molar-refractivity contribution in [2.45, 2.75) is 31.8 Å². The van der Waals surface area contributed by atoms with Crippen molar-refractivity contribution >= 4 is 5.91 Å². The Kier molecular flexibility index (Phi) is 4.78. The number of amides is 1. The van der Waals surface area contributed by atoms with Gasteiger partial charge >= 0.3 is 0 Å². The number of rotatable bonds is 4. The van der Waals surface area contributed by atoms with E-state index in [1.807, 2.05) is 0 Å². The van der Waals surface area contributed by atoms with Crippen LogP contribution in [0.2, 0.25) is 0 Å². The van der Waals surface area contributed by atoms with Gasteiger partial charge in [-0.25, -0.2) is 0 Å². The largest absolute Gasteiger partial charge is 0.396 e. The summed E-state index contributed by atoms with van der Waals surface area (Å²) in [5.41, 5.74) is 0. The Balaban J connectivity index is 2.13. The van der Waals surface area contributed by atoms with Crippen LogP contribution in [-0.2, 0) is 9.53 Å². The average Bonchev–Trinajstić information content (AvgIpc) is 2.19. The summed E-state index contributed by atoms with van der Waals surface area (Å²) in [6.07, 6.45) is 3.30. The van der Waals surface area contributed by atoms with Gasteiger partial charge in [0.25, 0.3) is 0 Å². The first kappa shape index (κ1) is 10.5. The van der Waals surface area contributed by atoms with E-state index < -0.39 is 0 Å². The van der Waals surface area contributed by atoms with Crippen LogP contribution in [0.5, 0.6) is 0 Å². The van der Waals surface area contributed by atoms with E-state index in [9.17, 15) is 4.79 Å². The minimum Gasteiger partial charge on any atom is -0.396 e. The molecule has 0 saturated carbocycles. The first-order valence-electron chi connectivity index (χ1n) is 4.85. The smallest absolute Gasteiger partial charge is 0.249 e.